The summed E-state index contributed by atoms with van der Waals surface area (Å²) in [6.45, 7) is -0.361. The normalized spacial score (nSPS) is 6.17. The zero-order chi connectivity index (χ0) is 4.12. The second-order valence-corrected chi connectivity index (χ2v) is 0.418. The SMILES string of the molecule is O=[C]COO.[Cu]. The molecule has 0 aliphatic carbocycles. The summed E-state index contributed by atoms with van der Waals surface area (Å²) in [6, 6.07) is 0. The monoisotopic (exact) mass is 138 g/mol. The van der Waals surface area contributed by atoms with E-state index >= 15 is 0 Å². The van der Waals surface area contributed by atoms with E-state index in [0.717, 1.165) is 0 Å². The molecule has 40 valence electrons. The fourth-order valence-corrected chi connectivity index (χ4v) is 0.0264. The average molecular weight is 139 g/mol. The van der Waals surface area contributed by atoms with Gasteiger partial charge in [0.2, 0.25) is 6.29 Å². The summed E-state index contributed by atoms with van der Waals surface area (Å²) in [4.78, 5) is 12.3. The summed E-state index contributed by atoms with van der Waals surface area (Å²) in [7, 11) is 0. The van der Waals surface area contributed by atoms with Crippen molar-refractivity contribution in [3.05, 3.63) is 0 Å². The van der Waals surface area contributed by atoms with E-state index in [2.05, 4.69) is 4.89 Å². The molecule has 3 nitrogen and oxygen atoms in total. The Balaban J connectivity index is 0. The fourth-order valence-electron chi connectivity index (χ4n) is 0.0264. The van der Waals surface area contributed by atoms with Gasteiger partial charge in [0.05, 0.1) is 0 Å². The van der Waals surface area contributed by atoms with Gasteiger partial charge in [0.1, 0.15) is 6.61 Å². The van der Waals surface area contributed by atoms with Crippen LogP contribution in [0.2, 0.25) is 0 Å². The van der Waals surface area contributed by atoms with Gasteiger partial charge in [0, 0.05) is 17.1 Å². The molecule has 0 atom stereocenters. The first-order valence-electron chi connectivity index (χ1n) is 1.03. The van der Waals surface area contributed by atoms with E-state index in [4.69, 9.17) is 10.1 Å². The zero-order valence-electron chi connectivity index (χ0n) is 2.77. The van der Waals surface area contributed by atoms with Crippen molar-refractivity contribution < 1.29 is 32.0 Å². The number of hydrogen-bond acceptors (Lipinski definition) is 3. The Kier molecular flexibility index (Phi) is 14.0. The van der Waals surface area contributed by atoms with Gasteiger partial charge in [0.15, 0.2) is 0 Å². The van der Waals surface area contributed by atoms with Crippen LogP contribution in [0.4, 0.5) is 0 Å². The molecule has 6 heavy (non-hydrogen) atoms. The van der Waals surface area contributed by atoms with Crippen LogP contribution >= 0.6 is 0 Å². The Morgan fingerprint density at radius 1 is 1.83 bits per heavy atom. The Hall–Kier alpha value is 0.109. The molecule has 0 bridgehead atoms. The largest absolute Gasteiger partial charge is 0.288 e. The van der Waals surface area contributed by atoms with Crippen LogP contribution in [0.25, 0.3) is 0 Å². The van der Waals surface area contributed by atoms with Crippen LogP contribution in [0.1, 0.15) is 0 Å². The maximum absolute atomic E-state index is 8.99. The number of hydrogen-bond donors (Lipinski definition) is 1. The molecule has 0 saturated heterocycles. The molecule has 1 N–H and O–H groups in total. The van der Waals surface area contributed by atoms with E-state index in [9.17, 15) is 0 Å². The minimum atomic E-state index is -0.361. The summed E-state index contributed by atoms with van der Waals surface area (Å²) in [5.74, 6) is 0. The van der Waals surface area contributed by atoms with Crippen molar-refractivity contribution in [2.24, 2.45) is 0 Å². The summed E-state index contributed by atoms with van der Waals surface area (Å²) < 4.78 is 0. The van der Waals surface area contributed by atoms with Gasteiger partial charge in [-0.05, 0) is 0 Å². The third-order valence-corrected chi connectivity index (χ3v) is 0.123. The molecule has 0 saturated carbocycles. The molecule has 0 aliphatic heterocycles. The van der Waals surface area contributed by atoms with Gasteiger partial charge >= 0.3 is 0 Å². The van der Waals surface area contributed by atoms with E-state index in [1.165, 1.54) is 6.29 Å². The molecule has 0 unspecified atom stereocenters. The molecule has 0 spiro atoms. The fraction of sp³-hybridized carbons (Fsp3) is 0.500. The third kappa shape index (κ3) is 8.93. The molecular weight excluding hydrogens is 136 g/mol. The molecule has 0 aromatic rings. The topological polar surface area (TPSA) is 46.5 Å². The molecule has 0 aromatic carbocycles. The smallest absolute Gasteiger partial charge is 0.229 e. The van der Waals surface area contributed by atoms with Crippen molar-refractivity contribution in [2.75, 3.05) is 6.61 Å². The molecule has 0 aliphatic rings. The predicted molar refractivity (Wildman–Crippen MR) is 14.3 cm³/mol. The van der Waals surface area contributed by atoms with Crippen LogP contribution in [0.3, 0.4) is 0 Å². The van der Waals surface area contributed by atoms with Crippen LogP contribution < -0.4 is 0 Å². The van der Waals surface area contributed by atoms with Gasteiger partial charge in [-0.1, -0.05) is 0 Å². The third-order valence-electron chi connectivity index (χ3n) is 0.123. The van der Waals surface area contributed by atoms with Gasteiger partial charge in [-0.2, -0.15) is 0 Å². The summed E-state index contributed by atoms with van der Waals surface area (Å²) in [6.07, 6.45) is 1.30. The van der Waals surface area contributed by atoms with Crippen LogP contribution in [-0.4, -0.2) is 18.2 Å². The maximum atomic E-state index is 8.99. The molecule has 0 aromatic heterocycles. The Morgan fingerprint density at radius 3 is 2.33 bits per heavy atom. The van der Waals surface area contributed by atoms with E-state index in [-0.39, 0.29) is 23.7 Å². The zero-order valence-corrected chi connectivity index (χ0v) is 3.71. The molecule has 4 heteroatoms. The van der Waals surface area contributed by atoms with Gasteiger partial charge in [-0.3, -0.25) is 10.1 Å². The van der Waals surface area contributed by atoms with E-state index in [1.54, 1.807) is 0 Å². The van der Waals surface area contributed by atoms with Crippen molar-refractivity contribution in [3.8, 4) is 0 Å². The average Bonchev–Trinajstić information content (AvgIpc) is 1.41. The Labute approximate surface area is 45.7 Å². The summed E-state index contributed by atoms with van der Waals surface area (Å²) >= 11 is 0. The quantitative estimate of drug-likeness (QED) is 0.321. The van der Waals surface area contributed by atoms with Crippen molar-refractivity contribution in [3.63, 3.8) is 0 Å². The summed E-state index contributed by atoms with van der Waals surface area (Å²) in [5.41, 5.74) is 0. The van der Waals surface area contributed by atoms with Gasteiger partial charge in [0.25, 0.3) is 0 Å². The van der Waals surface area contributed by atoms with Crippen molar-refractivity contribution in [1.82, 2.24) is 0 Å². The molecule has 0 rings (SSSR count). The van der Waals surface area contributed by atoms with Crippen molar-refractivity contribution in [1.29, 1.82) is 0 Å². The Bertz CT molecular complexity index is 30.0. The minimum Gasteiger partial charge on any atom is -0.288 e. The Morgan fingerprint density at radius 2 is 2.33 bits per heavy atom. The number of carbonyl (C=O) groups excluding carboxylic acids is 1. The van der Waals surface area contributed by atoms with Gasteiger partial charge in [-0.25, -0.2) is 4.89 Å². The van der Waals surface area contributed by atoms with Crippen molar-refractivity contribution >= 4 is 6.29 Å². The second kappa shape index (κ2) is 8.92. The molecule has 0 amide bonds. The maximum Gasteiger partial charge on any atom is 0.229 e. The standard InChI is InChI=1S/C2H3O3.Cu/c3-1-2-5-4;/h4H,2H2;. The van der Waals surface area contributed by atoms with Crippen LogP contribution in [0.5, 0.6) is 0 Å². The second-order valence-electron chi connectivity index (χ2n) is 0.418. The van der Waals surface area contributed by atoms with E-state index in [1.807, 2.05) is 0 Å². The van der Waals surface area contributed by atoms with Crippen LogP contribution in [0, 0.1) is 0 Å². The number of rotatable bonds is 2. The predicted octanol–water partition coefficient (Wildman–Crippen LogP) is -0.417. The molecule has 0 heterocycles. The van der Waals surface area contributed by atoms with Crippen LogP contribution in [0.15, 0.2) is 0 Å². The first kappa shape index (κ1) is 9.44. The first-order valence-corrected chi connectivity index (χ1v) is 1.03. The van der Waals surface area contributed by atoms with Gasteiger partial charge < -0.3 is 0 Å². The first-order chi connectivity index (χ1) is 2.41. The van der Waals surface area contributed by atoms with Gasteiger partial charge in [-0.15, -0.1) is 0 Å². The molecule has 2 radical (unpaired) electrons. The summed E-state index contributed by atoms with van der Waals surface area (Å²) in [5, 5.41) is 7.30. The van der Waals surface area contributed by atoms with Crippen LogP contribution in [-0.2, 0) is 26.8 Å². The molecular formula is C2H3CuO3. The van der Waals surface area contributed by atoms with E-state index < -0.39 is 0 Å². The van der Waals surface area contributed by atoms with Crippen molar-refractivity contribution in [2.45, 2.75) is 0 Å². The molecule has 0 fully saturated rings. The van der Waals surface area contributed by atoms with E-state index in [0.29, 0.717) is 0 Å². The minimum absolute atomic E-state index is 0.